The van der Waals surface area contributed by atoms with Gasteiger partial charge in [0.2, 0.25) is 3.57 Å². The molecule has 0 spiro atoms. The maximum Gasteiger partial charge on any atom is 0.485 e. The second-order valence-corrected chi connectivity index (χ2v) is 14.4. The van der Waals surface area contributed by atoms with Gasteiger partial charge in [-0.25, -0.2) is 23.2 Å². The van der Waals surface area contributed by atoms with Gasteiger partial charge >= 0.3 is 32.7 Å². The highest BCUT2D eigenvalue weighted by atomic mass is 127. The molecule has 4 aromatic rings. The number of nitrogens with one attached hydrogen (secondary N) is 1. The SMILES string of the molecule is CCOCOc1ccc2nc(NC(=O)c3ccc([I+]c4ccc(N(C)C(=O)N(C)C)cc4)cn3)sc2c1.O=S(=O)([O-])C(F)(F)F. The molecule has 18 heteroatoms. The summed E-state index contributed by atoms with van der Waals surface area (Å²) in [7, 11) is -0.882. The minimum atomic E-state index is -6.09. The van der Waals surface area contributed by atoms with Gasteiger partial charge in [-0.05, 0) is 61.5 Å². The number of benzene rings is 2. The molecule has 1 N–H and O–H groups in total. The summed E-state index contributed by atoms with van der Waals surface area (Å²) >= 11 is 0.895. The third kappa shape index (κ3) is 10.5. The molecule has 0 aliphatic heterocycles. The van der Waals surface area contributed by atoms with Gasteiger partial charge in [0.1, 0.15) is 11.4 Å². The number of ether oxygens (including phenoxy) is 2. The predicted octanol–water partition coefficient (Wildman–Crippen LogP) is 1.61. The van der Waals surface area contributed by atoms with Crippen molar-refractivity contribution in [3.05, 3.63) is 73.6 Å². The van der Waals surface area contributed by atoms with E-state index in [1.54, 1.807) is 38.3 Å². The average molecular weight is 782 g/mol. The fraction of sp³-hybridized carbons (Fsp3) is 0.259. The van der Waals surface area contributed by atoms with Crippen molar-refractivity contribution in [3.8, 4) is 5.75 Å². The van der Waals surface area contributed by atoms with E-state index < -0.39 is 36.8 Å². The Morgan fingerprint density at radius 1 is 1.04 bits per heavy atom. The molecule has 0 atom stereocenters. The number of carbonyl (C=O) groups is 2. The summed E-state index contributed by atoms with van der Waals surface area (Å²) in [6.07, 6.45) is 1.75. The molecule has 0 aliphatic rings. The molecule has 0 aliphatic carbocycles. The van der Waals surface area contributed by atoms with E-state index in [4.69, 9.17) is 22.4 Å². The van der Waals surface area contributed by atoms with Crippen LogP contribution < -0.4 is 36.2 Å². The van der Waals surface area contributed by atoms with Gasteiger partial charge in [-0.15, -0.1) is 0 Å². The summed E-state index contributed by atoms with van der Waals surface area (Å²) in [6, 6.07) is 17.1. The van der Waals surface area contributed by atoms with Gasteiger partial charge in [-0.3, -0.25) is 15.0 Å². The van der Waals surface area contributed by atoms with E-state index in [9.17, 15) is 22.8 Å². The average Bonchev–Trinajstić information content (AvgIpc) is 3.38. The second-order valence-electron chi connectivity index (χ2n) is 8.93. The summed E-state index contributed by atoms with van der Waals surface area (Å²) in [5.41, 5.74) is -3.71. The third-order valence-corrected chi connectivity index (χ3v) is 9.54. The number of thiazole rings is 1. The van der Waals surface area contributed by atoms with Crippen LogP contribution in [-0.2, 0) is 14.9 Å². The molecule has 0 saturated carbocycles. The zero-order valence-electron chi connectivity index (χ0n) is 24.2. The second kappa shape index (κ2) is 15.6. The molecule has 2 aromatic carbocycles. The smallest absolute Gasteiger partial charge is 0.485 e. The first-order valence-electron chi connectivity index (χ1n) is 12.7. The molecular formula is C27H27F3IN5O7S2. The van der Waals surface area contributed by atoms with Gasteiger partial charge in [0, 0.05) is 33.4 Å². The largest absolute Gasteiger partial charge is 0.741 e. The van der Waals surface area contributed by atoms with Crippen molar-refractivity contribution in [3.63, 3.8) is 0 Å². The quantitative estimate of drug-likeness (QED) is 0.0878. The van der Waals surface area contributed by atoms with Crippen LogP contribution in [0.25, 0.3) is 10.2 Å². The topological polar surface area (TPSA) is 154 Å². The molecular weight excluding hydrogens is 754 g/mol. The molecule has 12 nitrogen and oxygen atoms in total. The zero-order chi connectivity index (χ0) is 33.4. The van der Waals surface area contributed by atoms with Crippen LogP contribution in [0.3, 0.4) is 0 Å². The normalized spacial score (nSPS) is 11.4. The van der Waals surface area contributed by atoms with Crippen molar-refractivity contribution >= 4 is 54.4 Å². The summed E-state index contributed by atoms with van der Waals surface area (Å²) in [5.74, 6) is 0.376. The van der Waals surface area contributed by atoms with E-state index in [2.05, 4.69) is 15.3 Å². The molecule has 4 rings (SSSR count). The number of hydrogen-bond acceptors (Lipinski definition) is 10. The molecule has 0 radical (unpaired) electrons. The van der Waals surface area contributed by atoms with E-state index in [1.165, 1.54) is 19.8 Å². The number of hydrogen-bond donors (Lipinski definition) is 1. The van der Waals surface area contributed by atoms with Crippen LogP contribution in [0.5, 0.6) is 5.75 Å². The Morgan fingerprint density at radius 2 is 1.69 bits per heavy atom. The molecule has 0 bridgehead atoms. The number of nitrogens with zero attached hydrogens (tertiary/aromatic N) is 4. The molecule has 0 fully saturated rings. The fourth-order valence-electron chi connectivity index (χ4n) is 3.23. The van der Waals surface area contributed by atoms with Gasteiger partial charge in [0.05, 0.1) is 16.4 Å². The van der Waals surface area contributed by atoms with Crippen molar-refractivity contribution in [2.24, 2.45) is 0 Å². The van der Waals surface area contributed by atoms with Crippen LogP contribution in [0, 0.1) is 7.14 Å². The standard InChI is InChI=1S/C26H26IN5O4S.CHF3O3S/c1-5-35-16-36-20-11-13-21-23(14-20)37-25(29-21)30-24(33)22-12-8-18(15-28-22)27-17-6-9-19(10-7-17)32(4)26(34)31(2)3;2-1(3,4)8(5,6)7/h6-15H,5,16H2,1-4H3;(H,5,6,7). The minimum Gasteiger partial charge on any atom is -0.741 e. The van der Waals surface area contributed by atoms with Crippen molar-refractivity contribution in [1.82, 2.24) is 14.9 Å². The summed E-state index contributed by atoms with van der Waals surface area (Å²) < 4.78 is 72.8. The zero-order valence-corrected chi connectivity index (χ0v) is 28.0. The molecule has 2 heterocycles. The number of rotatable bonds is 9. The number of aromatic nitrogens is 2. The Balaban J connectivity index is 0.000000610. The van der Waals surface area contributed by atoms with Crippen LogP contribution in [-0.4, -0.2) is 79.8 Å². The van der Waals surface area contributed by atoms with E-state index in [1.807, 2.05) is 55.5 Å². The van der Waals surface area contributed by atoms with Gasteiger partial charge in [-0.1, -0.05) is 11.3 Å². The van der Waals surface area contributed by atoms with Crippen molar-refractivity contribution in [1.29, 1.82) is 0 Å². The molecule has 0 saturated heterocycles. The summed E-state index contributed by atoms with van der Waals surface area (Å²) in [4.78, 5) is 36.9. The number of halogens is 4. The first-order valence-corrected chi connectivity index (χ1v) is 17.1. The monoisotopic (exact) mass is 781 g/mol. The summed E-state index contributed by atoms with van der Waals surface area (Å²) in [6.45, 7) is 2.68. The number of amides is 3. The number of fused-ring (bicyclic) bond motifs is 1. The number of carbonyl (C=O) groups excluding carboxylic acids is 2. The lowest BCUT2D eigenvalue weighted by Gasteiger charge is -2.21. The first-order chi connectivity index (χ1) is 21.1. The van der Waals surface area contributed by atoms with Crippen molar-refractivity contribution in [2.75, 3.05) is 44.8 Å². The Bertz CT molecular complexity index is 1720. The van der Waals surface area contributed by atoms with Crippen molar-refractivity contribution < 1.29 is 66.4 Å². The molecule has 3 amide bonds. The Kier molecular flexibility index (Phi) is 12.4. The van der Waals surface area contributed by atoms with Gasteiger partial charge in [0.25, 0.3) is 5.91 Å². The first kappa shape index (κ1) is 35.9. The maximum absolute atomic E-state index is 12.7. The van der Waals surface area contributed by atoms with Crippen molar-refractivity contribution in [2.45, 2.75) is 12.4 Å². The van der Waals surface area contributed by atoms with Crippen LogP contribution in [0.4, 0.5) is 28.8 Å². The highest BCUT2D eigenvalue weighted by Crippen LogP contribution is 2.29. The number of anilines is 2. The number of alkyl halides is 3. The van der Waals surface area contributed by atoms with E-state index in [-0.39, 0.29) is 18.7 Å². The van der Waals surface area contributed by atoms with Crippen LogP contribution in [0.15, 0.2) is 60.8 Å². The highest BCUT2D eigenvalue weighted by Gasteiger charge is 2.37. The molecule has 45 heavy (non-hydrogen) atoms. The Labute approximate surface area is 271 Å². The highest BCUT2D eigenvalue weighted by molar-refractivity contribution is 7.86. The van der Waals surface area contributed by atoms with Gasteiger partial charge in [0.15, 0.2) is 25.6 Å². The van der Waals surface area contributed by atoms with Crippen LogP contribution >= 0.6 is 11.3 Å². The van der Waals surface area contributed by atoms with E-state index in [0.29, 0.717) is 23.2 Å². The maximum atomic E-state index is 12.7. The lowest BCUT2D eigenvalue weighted by molar-refractivity contribution is -0.597. The van der Waals surface area contributed by atoms with E-state index in [0.717, 1.165) is 19.5 Å². The minimum absolute atomic E-state index is 0.0809. The van der Waals surface area contributed by atoms with Crippen LogP contribution in [0.2, 0.25) is 0 Å². The summed E-state index contributed by atoms with van der Waals surface area (Å²) in [5, 5.41) is 3.33. The molecule has 2 aromatic heterocycles. The molecule has 242 valence electrons. The van der Waals surface area contributed by atoms with E-state index >= 15 is 0 Å². The Morgan fingerprint density at radius 3 is 2.24 bits per heavy atom. The number of pyridine rings is 1. The predicted molar refractivity (Wildman–Crippen MR) is 156 cm³/mol. The lowest BCUT2D eigenvalue weighted by Crippen LogP contribution is -3.61. The number of urea groups is 1. The van der Waals surface area contributed by atoms with Gasteiger partial charge in [-0.2, -0.15) is 13.2 Å². The molecule has 0 unspecified atom stereocenters. The van der Waals surface area contributed by atoms with Crippen LogP contribution in [0.1, 0.15) is 17.4 Å². The third-order valence-electron chi connectivity index (χ3n) is 5.44. The Hall–Kier alpha value is -3.59. The fourth-order valence-corrected chi connectivity index (χ4v) is 6.20. The lowest BCUT2D eigenvalue weighted by atomic mass is 10.3. The van der Waals surface area contributed by atoms with Gasteiger partial charge < -0.3 is 18.9 Å².